The molecule has 7 nitrogen and oxygen atoms in total. The van der Waals surface area contributed by atoms with Crippen molar-refractivity contribution in [2.24, 2.45) is 5.14 Å². The van der Waals surface area contributed by atoms with Crippen molar-refractivity contribution in [3.8, 4) is 0 Å². The van der Waals surface area contributed by atoms with Gasteiger partial charge in [-0.2, -0.15) is 0 Å². The van der Waals surface area contributed by atoms with Crippen LogP contribution in [0.2, 0.25) is 5.02 Å². The lowest BCUT2D eigenvalue weighted by molar-refractivity contribution is -0.384. The second-order valence-corrected chi connectivity index (χ2v) is 6.43. The molecule has 116 valence electrons. The topological polar surface area (TPSA) is 115 Å². The summed E-state index contributed by atoms with van der Waals surface area (Å²) in [4.78, 5) is 10.1. The number of primary sulfonamides is 1. The summed E-state index contributed by atoms with van der Waals surface area (Å²) in [5.74, 6) is 0. The summed E-state index contributed by atoms with van der Waals surface area (Å²) < 4.78 is 22.3. The largest absolute Gasteiger partial charge is 0.380 e. The summed E-state index contributed by atoms with van der Waals surface area (Å²) in [7, 11) is -3.71. The molecule has 22 heavy (non-hydrogen) atoms. The van der Waals surface area contributed by atoms with Gasteiger partial charge in [0, 0.05) is 18.7 Å². The number of nitrogens with zero attached hydrogens (tertiary/aromatic N) is 1. The fourth-order valence-electron chi connectivity index (χ4n) is 1.76. The minimum absolute atomic E-state index is 0.0321. The van der Waals surface area contributed by atoms with E-state index in [0.29, 0.717) is 12.2 Å². The van der Waals surface area contributed by atoms with Gasteiger partial charge in [0.15, 0.2) is 0 Å². The molecule has 0 fully saturated rings. The molecule has 0 aliphatic carbocycles. The number of hydrogen-bond acceptors (Lipinski definition) is 5. The fraction of sp³-hybridized carbons (Fsp3) is 0.0769. The molecule has 0 bridgehead atoms. The molecule has 0 aliphatic rings. The summed E-state index contributed by atoms with van der Waals surface area (Å²) in [6.45, 7) is 0.377. The third-order valence-electron chi connectivity index (χ3n) is 2.90. The number of non-ortho nitro benzene ring substituents is 1. The Labute approximate surface area is 131 Å². The zero-order valence-electron chi connectivity index (χ0n) is 11.2. The molecule has 0 spiro atoms. The molecule has 0 heterocycles. The first-order chi connectivity index (χ1) is 10.3. The van der Waals surface area contributed by atoms with Crippen molar-refractivity contribution in [1.82, 2.24) is 0 Å². The van der Waals surface area contributed by atoms with Gasteiger partial charge in [-0.15, -0.1) is 0 Å². The van der Waals surface area contributed by atoms with Crippen molar-refractivity contribution in [3.63, 3.8) is 0 Å². The number of nitrogens with one attached hydrogen (secondary N) is 1. The van der Waals surface area contributed by atoms with E-state index < -0.39 is 14.9 Å². The Morgan fingerprint density at radius 3 is 2.32 bits per heavy atom. The molecule has 3 N–H and O–H groups in total. The molecular weight excluding hydrogens is 330 g/mol. The Morgan fingerprint density at radius 2 is 1.82 bits per heavy atom. The number of sulfonamides is 1. The van der Waals surface area contributed by atoms with Crippen LogP contribution in [0.25, 0.3) is 0 Å². The molecule has 0 atom stereocenters. The van der Waals surface area contributed by atoms with E-state index in [1.54, 1.807) is 12.1 Å². The van der Waals surface area contributed by atoms with Crippen LogP contribution in [-0.4, -0.2) is 13.3 Å². The zero-order valence-corrected chi connectivity index (χ0v) is 12.8. The first kappa shape index (κ1) is 16.2. The van der Waals surface area contributed by atoms with Crippen LogP contribution in [0.1, 0.15) is 5.56 Å². The van der Waals surface area contributed by atoms with Gasteiger partial charge in [0.1, 0.15) is 0 Å². The standard InChI is InChI=1S/C13H12ClN3O4S/c14-12-7-10(17(18)19)3-6-13(12)16-8-9-1-4-11(5-2-9)22(15,20)21/h1-7,16H,8H2,(H2,15,20,21). The number of halogens is 1. The minimum Gasteiger partial charge on any atom is -0.380 e. The second kappa shape index (κ2) is 6.30. The molecule has 0 radical (unpaired) electrons. The number of anilines is 1. The van der Waals surface area contributed by atoms with E-state index >= 15 is 0 Å². The number of rotatable bonds is 5. The highest BCUT2D eigenvalue weighted by atomic mass is 35.5. The fourth-order valence-corrected chi connectivity index (χ4v) is 2.51. The highest BCUT2D eigenvalue weighted by molar-refractivity contribution is 7.89. The van der Waals surface area contributed by atoms with Crippen LogP contribution >= 0.6 is 11.6 Å². The predicted molar refractivity (Wildman–Crippen MR) is 83.2 cm³/mol. The van der Waals surface area contributed by atoms with E-state index in [1.165, 1.54) is 30.3 Å². The average Bonchev–Trinajstić information content (AvgIpc) is 2.45. The van der Waals surface area contributed by atoms with Crippen LogP contribution in [0.4, 0.5) is 11.4 Å². The zero-order chi connectivity index (χ0) is 16.3. The summed E-state index contributed by atoms with van der Waals surface area (Å²) in [5, 5.41) is 18.9. The Bertz CT molecular complexity index is 807. The lowest BCUT2D eigenvalue weighted by Gasteiger charge is -2.08. The van der Waals surface area contributed by atoms with Gasteiger partial charge in [0.25, 0.3) is 5.69 Å². The van der Waals surface area contributed by atoms with Crippen molar-refractivity contribution >= 4 is 33.0 Å². The maximum atomic E-state index is 11.1. The summed E-state index contributed by atoms with van der Waals surface area (Å²) in [6, 6.07) is 10.2. The third-order valence-corrected chi connectivity index (χ3v) is 4.14. The lowest BCUT2D eigenvalue weighted by Crippen LogP contribution is -2.12. The smallest absolute Gasteiger partial charge is 0.271 e. The molecule has 9 heteroatoms. The number of hydrogen-bond donors (Lipinski definition) is 2. The molecular formula is C13H12ClN3O4S. The van der Waals surface area contributed by atoms with Crippen LogP contribution in [0.5, 0.6) is 0 Å². The highest BCUT2D eigenvalue weighted by Crippen LogP contribution is 2.27. The first-order valence-electron chi connectivity index (χ1n) is 6.07. The van der Waals surface area contributed by atoms with Crippen LogP contribution < -0.4 is 10.5 Å². The highest BCUT2D eigenvalue weighted by Gasteiger charge is 2.10. The monoisotopic (exact) mass is 341 g/mol. The molecule has 0 unspecified atom stereocenters. The van der Waals surface area contributed by atoms with Gasteiger partial charge in [-0.25, -0.2) is 13.6 Å². The van der Waals surface area contributed by atoms with Gasteiger partial charge in [0.05, 0.1) is 20.5 Å². The SMILES string of the molecule is NS(=O)(=O)c1ccc(CNc2ccc([N+](=O)[O-])cc2Cl)cc1. The molecule has 2 rings (SSSR count). The summed E-state index contributed by atoms with van der Waals surface area (Å²) >= 11 is 5.96. The Balaban J connectivity index is 2.09. The second-order valence-electron chi connectivity index (χ2n) is 4.46. The number of benzene rings is 2. The number of nitrogens with two attached hydrogens (primary N) is 1. The van der Waals surface area contributed by atoms with Gasteiger partial charge in [-0.05, 0) is 23.8 Å². The van der Waals surface area contributed by atoms with Crippen molar-refractivity contribution in [1.29, 1.82) is 0 Å². The van der Waals surface area contributed by atoms with Crippen LogP contribution in [0.15, 0.2) is 47.4 Å². The van der Waals surface area contributed by atoms with Crippen molar-refractivity contribution < 1.29 is 13.3 Å². The van der Waals surface area contributed by atoms with E-state index in [0.717, 1.165) is 5.56 Å². The number of nitro groups is 1. The first-order valence-corrected chi connectivity index (χ1v) is 7.99. The summed E-state index contributed by atoms with van der Waals surface area (Å²) in [6.07, 6.45) is 0. The third kappa shape index (κ3) is 3.94. The summed E-state index contributed by atoms with van der Waals surface area (Å²) in [5.41, 5.74) is 1.26. The van der Waals surface area contributed by atoms with Crippen molar-refractivity contribution in [3.05, 3.63) is 63.2 Å². The van der Waals surface area contributed by atoms with E-state index in [4.69, 9.17) is 16.7 Å². The molecule has 0 aromatic heterocycles. The van der Waals surface area contributed by atoms with E-state index in [1.807, 2.05) is 0 Å². The molecule has 2 aromatic rings. The van der Waals surface area contributed by atoms with Crippen LogP contribution in [0, 0.1) is 10.1 Å². The Morgan fingerprint density at radius 1 is 1.18 bits per heavy atom. The van der Waals surface area contributed by atoms with Crippen molar-refractivity contribution in [2.75, 3.05) is 5.32 Å². The predicted octanol–water partition coefficient (Wildman–Crippen LogP) is 2.51. The Kier molecular flexibility index (Phi) is 4.65. The molecule has 0 saturated carbocycles. The van der Waals surface area contributed by atoms with Crippen LogP contribution in [0.3, 0.4) is 0 Å². The van der Waals surface area contributed by atoms with Gasteiger partial charge in [-0.3, -0.25) is 10.1 Å². The quantitative estimate of drug-likeness (QED) is 0.640. The Hall–Kier alpha value is -2.16. The maximum Gasteiger partial charge on any atom is 0.271 e. The van der Waals surface area contributed by atoms with Gasteiger partial charge in [-0.1, -0.05) is 23.7 Å². The normalized spacial score (nSPS) is 11.2. The van der Waals surface area contributed by atoms with Gasteiger partial charge in [0.2, 0.25) is 10.0 Å². The molecule has 0 saturated heterocycles. The van der Waals surface area contributed by atoms with Crippen molar-refractivity contribution in [2.45, 2.75) is 11.4 Å². The minimum atomic E-state index is -3.71. The molecule has 0 aliphatic heterocycles. The van der Waals surface area contributed by atoms with E-state index in [2.05, 4.69) is 5.32 Å². The molecule has 0 amide bonds. The van der Waals surface area contributed by atoms with E-state index in [-0.39, 0.29) is 15.6 Å². The van der Waals surface area contributed by atoms with E-state index in [9.17, 15) is 18.5 Å². The molecule has 2 aromatic carbocycles. The van der Waals surface area contributed by atoms with Gasteiger partial charge < -0.3 is 5.32 Å². The van der Waals surface area contributed by atoms with Gasteiger partial charge >= 0.3 is 0 Å². The lowest BCUT2D eigenvalue weighted by atomic mass is 10.2. The maximum absolute atomic E-state index is 11.1. The number of nitro benzene ring substituents is 1. The average molecular weight is 342 g/mol. The van der Waals surface area contributed by atoms with Crippen LogP contribution in [-0.2, 0) is 16.6 Å².